The number of rotatable bonds is 7. The van der Waals surface area contributed by atoms with E-state index in [2.05, 4.69) is 6.08 Å². The average Bonchev–Trinajstić information content (AvgIpc) is 2.57. The van der Waals surface area contributed by atoms with Crippen LogP contribution in [-0.2, 0) is 14.3 Å². The standard InChI is InChI=1S/C14H24O3/c1-16-12-8-4-7-11-14(15)17-13-9-5-2-3-6-10-13/h9H,2-8,10-12H2,1H3. The third kappa shape index (κ3) is 7.16. The van der Waals surface area contributed by atoms with Gasteiger partial charge in [0.2, 0.25) is 0 Å². The molecule has 0 fully saturated rings. The second-order valence-electron chi connectivity index (χ2n) is 4.55. The molecule has 17 heavy (non-hydrogen) atoms. The van der Waals surface area contributed by atoms with Gasteiger partial charge in [-0.3, -0.25) is 4.79 Å². The maximum absolute atomic E-state index is 11.6. The minimum absolute atomic E-state index is 0.0735. The van der Waals surface area contributed by atoms with Crippen LogP contribution in [0.3, 0.4) is 0 Å². The van der Waals surface area contributed by atoms with E-state index in [-0.39, 0.29) is 5.97 Å². The van der Waals surface area contributed by atoms with Crippen molar-refractivity contribution in [2.24, 2.45) is 0 Å². The van der Waals surface area contributed by atoms with Gasteiger partial charge in [-0.15, -0.1) is 0 Å². The first-order valence-corrected chi connectivity index (χ1v) is 6.71. The quantitative estimate of drug-likeness (QED) is 0.504. The van der Waals surface area contributed by atoms with Gasteiger partial charge in [0.15, 0.2) is 0 Å². The van der Waals surface area contributed by atoms with E-state index in [4.69, 9.17) is 9.47 Å². The van der Waals surface area contributed by atoms with Gasteiger partial charge in [0.25, 0.3) is 0 Å². The van der Waals surface area contributed by atoms with Crippen molar-refractivity contribution in [3.05, 3.63) is 11.8 Å². The average molecular weight is 240 g/mol. The number of esters is 1. The van der Waals surface area contributed by atoms with Gasteiger partial charge in [-0.1, -0.05) is 12.8 Å². The highest BCUT2D eigenvalue weighted by Gasteiger charge is 2.09. The lowest BCUT2D eigenvalue weighted by atomic mass is 10.2. The predicted molar refractivity (Wildman–Crippen MR) is 67.6 cm³/mol. The van der Waals surface area contributed by atoms with Crippen molar-refractivity contribution in [2.75, 3.05) is 13.7 Å². The first kappa shape index (κ1) is 14.2. The molecule has 0 heterocycles. The van der Waals surface area contributed by atoms with Crippen LogP contribution in [0.4, 0.5) is 0 Å². The molecule has 1 aliphatic rings. The SMILES string of the molecule is COCCCCCC(=O)OC1=CCCCCC1. The van der Waals surface area contributed by atoms with Gasteiger partial charge in [-0.25, -0.2) is 0 Å². The highest BCUT2D eigenvalue weighted by atomic mass is 16.5. The summed E-state index contributed by atoms with van der Waals surface area (Å²) in [6, 6.07) is 0. The summed E-state index contributed by atoms with van der Waals surface area (Å²) in [5.74, 6) is 0.819. The number of carbonyl (C=O) groups excluding carboxylic acids is 1. The second kappa shape index (κ2) is 9.23. The minimum atomic E-state index is -0.0735. The normalized spacial score (nSPS) is 16.2. The summed E-state index contributed by atoms with van der Waals surface area (Å²) in [6.45, 7) is 0.778. The summed E-state index contributed by atoms with van der Waals surface area (Å²) in [5.41, 5.74) is 0. The summed E-state index contributed by atoms with van der Waals surface area (Å²) in [6.07, 6.45) is 11.1. The molecular weight excluding hydrogens is 216 g/mol. The van der Waals surface area contributed by atoms with Gasteiger partial charge in [0.05, 0.1) is 0 Å². The summed E-state index contributed by atoms with van der Waals surface area (Å²) in [4.78, 5) is 11.6. The molecule has 98 valence electrons. The topological polar surface area (TPSA) is 35.5 Å². The molecule has 0 atom stereocenters. The summed E-state index contributed by atoms with van der Waals surface area (Å²) in [7, 11) is 1.70. The second-order valence-corrected chi connectivity index (χ2v) is 4.55. The molecule has 0 aromatic heterocycles. The van der Waals surface area contributed by atoms with Crippen molar-refractivity contribution < 1.29 is 14.3 Å². The summed E-state index contributed by atoms with van der Waals surface area (Å²) < 4.78 is 10.3. The number of carbonyl (C=O) groups is 1. The molecule has 3 nitrogen and oxygen atoms in total. The van der Waals surface area contributed by atoms with Crippen LogP contribution in [0.2, 0.25) is 0 Å². The fraction of sp³-hybridized carbons (Fsp3) is 0.786. The molecule has 0 amide bonds. The summed E-state index contributed by atoms with van der Waals surface area (Å²) >= 11 is 0. The van der Waals surface area contributed by atoms with Crippen LogP contribution in [-0.4, -0.2) is 19.7 Å². The maximum Gasteiger partial charge on any atom is 0.310 e. The number of ether oxygens (including phenoxy) is 2. The Morgan fingerprint density at radius 2 is 2.12 bits per heavy atom. The number of hydrogen-bond donors (Lipinski definition) is 0. The first-order valence-electron chi connectivity index (χ1n) is 6.71. The van der Waals surface area contributed by atoms with Crippen LogP contribution in [0, 0.1) is 0 Å². The third-order valence-electron chi connectivity index (χ3n) is 2.97. The van der Waals surface area contributed by atoms with Gasteiger partial charge < -0.3 is 9.47 Å². The lowest BCUT2D eigenvalue weighted by molar-refractivity contribution is -0.139. The molecule has 0 saturated carbocycles. The zero-order chi connectivity index (χ0) is 12.3. The van der Waals surface area contributed by atoms with Crippen molar-refractivity contribution in [1.29, 1.82) is 0 Å². The van der Waals surface area contributed by atoms with Crippen molar-refractivity contribution in [3.8, 4) is 0 Å². The van der Waals surface area contributed by atoms with Crippen LogP contribution in [0.5, 0.6) is 0 Å². The van der Waals surface area contributed by atoms with E-state index in [0.717, 1.165) is 50.9 Å². The van der Waals surface area contributed by atoms with Crippen LogP contribution < -0.4 is 0 Å². The van der Waals surface area contributed by atoms with E-state index in [9.17, 15) is 4.79 Å². The zero-order valence-corrected chi connectivity index (χ0v) is 10.9. The van der Waals surface area contributed by atoms with Crippen molar-refractivity contribution in [3.63, 3.8) is 0 Å². The molecule has 1 aliphatic carbocycles. The Morgan fingerprint density at radius 1 is 1.24 bits per heavy atom. The van der Waals surface area contributed by atoms with Gasteiger partial charge in [-0.2, -0.15) is 0 Å². The van der Waals surface area contributed by atoms with Crippen molar-refractivity contribution in [1.82, 2.24) is 0 Å². The van der Waals surface area contributed by atoms with Crippen molar-refractivity contribution in [2.45, 2.75) is 57.8 Å². The van der Waals surface area contributed by atoms with Gasteiger partial charge in [0, 0.05) is 26.6 Å². The van der Waals surface area contributed by atoms with Crippen LogP contribution in [0.15, 0.2) is 11.8 Å². The molecule has 0 aliphatic heterocycles. The van der Waals surface area contributed by atoms with Crippen LogP contribution in [0.1, 0.15) is 57.8 Å². The Morgan fingerprint density at radius 3 is 2.94 bits per heavy atom. The maximum atomic E-state index is 11.6. The Bertz CT molecular complexity index is 246. The molecule has 1 rings (SSSR count). The number of unbranched alkanes of at least 4 members (excludes halogenated alkanes) is 2. The summed E-state index contributed by atoms with van der Waals surface area (Å²) in [5, 5.41) is 0. The molecule has 0 unspecified atom stereocenters. The third-order valence-corrected chi connectivity index (χ3v) is 2.97. The van der Waals surface area contributed by atoms with Crippen LogP contribution >= 0.6 is 0 Å². The van der Waals surface area contributed by atoms with Gasteiger partial charge in [0.1, 0.15) is 5.76 Å². The molecule has 0 aromatic rings. The molecule has 0 aromatic carbocycles. The first-order chi connectivity index (χ1) is 8.33. The Hall–Kier alpha value is -0.830. The number of hydrogen-bond acceptors (Lipinski definition) is 3. The highest BCUT2D eigenvalue weighted by molar-refractivity contribution is 5.70. The lowest BCUT2D eigenvalue weighted by Gasteiger charge is -2.07. The molecule has 3 heteroatoms. The van der Waals surface area contributed by atoms with E-state index in [1.807, 2.05) is 0 Å². The minimum Gasteiger partial charge on any atom is -0.431 e. The zero-order valence-electron chi connectivity index (χ0n) is 10.9. The van der Waals surface area contributed by atoms with Crippen molar-refractivity contribution >= 4 is 5.97 Å². The Labute approximate surface area is 104 Å². The smallest absolute Gasteiger partial charge is 0.310 e. The largest absolute Gasteiger partial charge is 0.431 e. The number of methoxy groups -OCH3 is 1. The fourth-order valence-corrected chi connectivity index (χ4v) is 1.97. The van der Waals surface area contributed by atoms with E-state index in [1.165, 1.54) is 12.8 Å². The van der Waals surface area contributed by atoms with Gasteiger partial charge in [-0.05, 0) is 38.2 Å². The lowest BCUT2D eigenvalue weighted by Crippen LogP contribution is -2.04. The Kier molecular flexibility index (Phi) is 7.72. The molecule has 0 N–H and O–H groups in total. The molecular formula is C14H24O3. The van der Waals surface area contributed by atoms with Crippen LogP contribution in [0.25, 0.3) is 0 Å². The number of allylic oxidation sites excluding steroid dienone is 2. The van der Waals surface area contributed by atoms with E-state index >= 15 is 0 Å². The predicted octanol–water partition coefficient (Wildman–Crippen LogP) is 3.58. The van der Waals surface area contributed by atoms with E-state index in [1.54, 1.807) is 7.11 Å². The highest BCUT2D eigenvalue weighted by Crippen LogP contribution is 2.18. The molecule has 0 bridgehead atoms. The Balaban J connectivity index is 2.09. The van der Waals surface area contributed by atoms with Gasteiger partial charge >= 0.3 is 5.97 Å². The monoisotopic (exact) mass is 240 g/mol. The fourth-order valence-electron chi connectivity index (χ4n) is 1.97. The van der Waals surface area contributed by atoms with E-state index < -0.39 is 0 Å². The van der Waals surface area contributed by atoms with E-state index in [0.29, 0.717) is 6.42 Å². The molecule has 0 spiro atoms. The molecule has 0 saturated heterocycles. The molecule has 0 radical (unpaired) electrons.